The van der Waals surface area contributed by atoms with E-state index in [1.54, 1.807) is 31.2 Å². The fourth-order valence-corrected chi connectivity index (χ4v) is 4.39. The van der Waals surface area contributed by atoms with Gasteiger partial charge in [0.25, 0.3) is 5.91 Å². The van der Waals surface area contributed by atoms with Gasteiger partial charge < -0.3 is 15.2 Å². The first-order valence-electron chi connectivity index (χ1n) is 8.47. The normalized spacial score (nSPS) is 16.0. The number of nitrogens with zero attached hydrogens (tertiary/aromatic N) is 2. The first-order chi connectivity index (χ1) is 12.8. The van der Waals surface area contributed by atoms with E-state index in [-0.39, 0.29) is 23.7 Å². The Bertz CT molecular complexity index is 954. The summed E-state index contributed by atoms with van der Waals surface area (Å²) in [5.41, 5.74) is 0.725. The molecule has 2 N–H and O–H groups in total. The van der Waals surface area contributed by atoms with E-state index < -0.39 is 21.8 Å². The molecule has 1 fully saturated rings. The number of amides is 2. The molecule has 0 spiro atoms. The molecule has 10 heteroatoms. The highest BCUT2D eigenvalue weighted by atomic mass is 32.2. The van der Waals surface area contributed by atoms with E-state index in [1.807, 2.05) is 0 Å². The molecule has 0 unspecified atom stereocenters. The van der Waals surface area contributed by atoms with E-state index in [2.05, 4.69) is 15.8 Å². The second-order valence-corrected chi connectivity index (χ2v) is 8.21. The summed E-state index contributed by atoms with van der Waals surface area (Å²) >= 11 is 0. The molecule has 27 heavy (non-hydrogen) atoms. The molecule has 9 nitrogen and oxygen atoms in total. The van der Waals surface area contributed by atoms with Crippen molar-refractivity contribution < 1.29 is 22.5 Å². The van der Waals surface area contributed by atoms with E-state index in [9.17, 15) is 18.0 Å². The van der Waals surface area contributed by atoms with Crippen molar-refractivity contribution in [1.29, 1.82) is 0 Å². The number of hydrogen-bond donors (Lipinski definition) is 2. The highest BCUT2D eigenvalue weighted by molar-refractivity contribution is 7.92. The van der Waals surface area contributed by atoms with E-state index in [1.165, 1.54) is 10.4 Å². The second-order valence-electron chi connectivity index (χ2n) is 6.20. The third-order valence-corrected chi connectivity index (χ3v) is 5.92. The van der Waals surface area contributed by atoms with Crippen LogP contribution >= 0.6 is 0 Å². The topological polar surface area (TPSA) is 122 Å². The molecule has 2 heterocycles. The van der Waals surface area contributed by atoms with Gasteiger partial charge in [-0.05, 0) is 38.0 Å². The van der Waals surface area contributed by atoms with Gasteiger partial charge in [0.05, 0.1) is 18.0 Å². The van der Waals surface area contributed by atoms with Gasteiger partial charge in [0.1, 0.15) is 5.76 Å². The van der Waals surface area contributed by atoms with Gasteiger partial charge >= 0.3 is 0 Å². The zero-order valence-electron chi connectivity index (χ0n) is 14.8. The van der Waals surface area contributed by atoms with Gasteiger partial charge in [0.2, 0.25) is 15.9 Å². The smallest absolute Gasteiger partial charge is 0.251 e. The van der Waals surface area contributed by atoms with Crippen LogP contribution in [-0.4, -0.2) is 44.2 Å². The summed E-state index contributed by atoms with van der Waals surface area (Å²) in [6.07, 6.45) is 1.41. The number of benzene rings is 1. The fraction of sp³-hybridized carbons (Fsp3) is 0.353. The number of hydrogen-bond acceptors (Lipinski definition) is 6. The maximum atomic E-state index is 12.3. The number of aryl methyl sites for hydroxylation is 1. The number of rotatable bonds is 5. The third kappa shape index (κ3) is 4.64. The first-order valence-corrected chi connectivity index (χ1v) is 10.1. The van der Waals surface area contributed by atoms with Crippen LogP contribution in [0.3, 0.4) is 0 Å². The minimum absolute atomic E-state index is 0.102. The molecule has 1 saturated heterocycles. The summed E-state index contributed by atoms with van der Waals surface area (Å²) in [5.74, 6) is -0.00231. The lowest BCUT2D eigenvalue weighted by molar-refractivity contribution is -0.115. The monoisotopic (exact) mass is 392 g/mol. The summed E-state index contributed by atoms with van der Waals surface area (Å²) < 4.78 is 30.6. The molecule has 0 atom stereocenters. The zero-order chi connectivity index (χ0) is 19.4. The van der Waals surface area contributed by atoms with Crippen LogP contribution in [0.5, 0.6) is 0 Å². The molecule has 1 aliphatic heterocycles. The molecule has 0 radical (unpaired) electrons. The molecular weight excluding hydrogens is 372 g/mol. The van der Waals surface area contributed by atoms with Gasteiger partial charge in [0.15, 0.2) is 5.82 Å². The number of nitrogens with one attached hydrogen (secondary N) is 2. The Kier molecular flexibility index (Phi) is 5.45. The minimum Gasteiger partial charge on any atom is -0.360 e. The van der Waals surface area contributed by atoms with Crippen molar-refractivity contribution in [2.24, 2.45) is 0 Å². The van der Waals surface area contributed by atoms with Gasteiger partial charge in [0, 0.05) is 18.2 Å². The van der Waals surface area contributed by atoms with Crippen LogP contribution in [0.2, 0.25) is 0 Å². The van der Waals surface area contributed by atoms with Crippen molar-refractivity contribution in [3.05, 3.63) is 41.7 Å². The Morgan fingerprint density at radius 3 is 2.78 bits per heavy atom. The fourth-order valence-electron chi connectivity index (χ4n) is 2.76. The zero-order valence-corrected chi connectivity index (χ0v) is 15.6. The first kappa shape index (κ1) is 18.9. The Labute approximate surface area is 156 Å². The van der Waals surface area contributed by atoms with Crippen LogP contribution in [0.15, 0.2) is 34.9 Å². The van der Waals surface area contributed by atoms with Crippen molar-refractivity contribution in [3.63, 3.8) is 0 Å². The van der Waals surface area contributed by atoms with E-state index in [0.717, 1.165) is 6.42 Å². The number of sulfonamides is 1. The SMILES string of the molecule is Cc1cc(NC(=O)CNC(=O)c2cccc(N3CCCCS3(=O)=O)c2)no1. The van der Waals surface area contributed by atoms with Crippen molar-refractivity contribution in [2.45, 2.75) is 19.8 Å². The molecule has 1 aliphatic rings. The average Bonchev–Trinajstić information content (AvgIpc) is 3.04. The Morgan fingerprint density at radius 1 is 1.26 bits per heavy atom. The van der Waals surface area contributed by atoms with Crippen molar-refractivity contribution in [1.82, 2.24) is 10.5 Å². The highest BCUT2D eigenvalue weighted by Gasteiger charge is 2.26. The minimum atomic E-state index is -3.36. The maximum absolute atomic E-state index is 12.3. The van der Waals surface area contributed by atoms with Crippen molar-refractivity contribution >= 4 is 33.3 Å². The predicted molar refractivity (Wildman–Crippen MR) is 99.0 cm³/mol. The molecule has 0 bridgehead atoms. The Hall–Kier alpha value is -2.88. The summed E-state index contributed by atoms with van der Waals surface area (Å²) in [6.45, 7) is 1.84. The lowest BCUT2D eigenvalue weighted by Crippen LogP contribution is -2.38. The van der Waals surface area contributed by atoms with Gasteiger partial charge in [-0.25, -0.2) is 8.42 Å². The largest absolute Gasteiger partial charge is 0.360 e. The quantitative estimate of drug-likeness (QED) is 0.791. The number of aromatic nitrogens is 1. The third-order valence-electron chi connectivity index (χ3n) is 4.05. The predicted octanol–water partition coefficient (Wildman–Crippen LogP) is 1.28. The Balaban J connectivity index is 1.62. The summed E-state index contributed by atoms with van der Waals surface area (Å²) in [7, 11) is -3.36. The summed E-state index contributed by atoms with van der Waals surface area (Å²) in [4.78, 5) is 24.2. The average molecular weight is 392 g/mol. The van der Waals surface area contributed by atoms with Crippen LogP contribution in [0.1, 0.15) is 29.0 Å². The maximum Gasteiger partial charge on any atom is 0.251 e. The molecular formula is C17H20N4O5S. The Morgan fingerprint density at radius 2 is 2.07 bits per heavy atom. The van der Waals surface area contributed by atoms with Crippen LogP contribution in [-0.2, 0) is 14.8 Å². The molecule has 2 aromatic rings. The molecule has 0 saturated carbocycles. The standard InChI is InChI=1S/C17H20N4O5S/c1-12-9-15(20-26-12)19-16(22)11-18-17(23)13-5-4-6-14(10-13)21-7-2-3-8-27(21,24)25/h4-6,9-10H,2-3,7-8,11H2,1H3,(H,18,23)(H,19,20,22). The van der Waals surface area contributed by atoms with Crippen LogP contribution in [0.25, 0.3) is 0 Å². The van der Waals surface area contributed by atoms with Crippen LogP contribution in [0, 0.1) is 6.92 Å². The lowest BCUT2D eigenvalue weighted by Gasteiger charge is -2.28. The summed E-state index contributed by atoms with van der Waals surface area (Å²) in [6, 6.07) is 7.90. The van der Waals surface area contributed by atoms with Crippen LogP contribution in [0.4, 0.5) is 11.5 Å². The van der Waals surface area contributed by atoms with E-state index in [4.69, 9.17) is 4.52 Å². The highest BCUT2D eigenvalue weighted by Crippen LogP contribution is 2.24. The van der Waals surface area contributed by atoms with Gasteiger partial charge in [-0.1, -0.05) is 11.2 Å². The lowest BCUT2D eigenvalue weighted by atomic mass is 10.2. The molecule has 1 aromatic carbocycles. The van der Waals surface area contributed by atoms with Crippen molar-refractivity contribution in [2.75, 3.05) is 28.5 Å². The molecule has 2 amide bonds. The van der Waals surface area contributed by atoms with E-state index in [0.29, 0.717) is 24.4 Å². The number of anilines is 2. The van der Waals surface area contributed by atoms with Crippen molar-refractivity contribution in [3.8, 4) is 0 Å². The number of carbonyl (C=O) groups is 2. The van der Waals surface area contributed by atoms with Gasteiger partial charge in [-0.3, -0.25) is 13.9 Å². The summed E-state index contributed by atoms with van der Waals surface area (Å²) in [5, 5.41) is 8.63. The molecule has 0 aliphatic carbocycles. The van der Waals surface area contributed by atoms with Gasteiger partial charge in [-0.2, -0.15) is 0 Å². The van der Waals surface area contributed by atoms with E-state index >= 15 is 0 Å². The second kappa shape index (κ2) is 7.78. The van der Waals surface area contributed by atoms with Gasteiger partial charge in [-0.15, -0.1) is 0 Å². The molecule has 1 aromatic heterocycles. The molecule has 144 valence electrons. The molecule has 3 rings (SSSR count). The number of carbonyl (C=O) groups excluding carboxylic acids is 2. The van der Waals surface area contributed by atoms with Crippen LogP contribution < -0.4 is 14.9 Å².